The van der Waals surface area contributed by atoms with E-state index in [4.69, 9.17) is 4.74 Å². The molecule has 5 heteroatoms. The van der Waals surface area contributed by atoms with Gasteiger partial charge in [-0.25, -0.2) is 0 Å². The number of hydrogen-bond donors (Lipinski definition) is 1. The fraction of sp³-hybridized carbons (Fsp3) is 0.875. The molecular weight excluding hydrogens is 268 g/mol. The first-order chi connectivity index (χ1) is 9.90. The molecule has 0 radical (unpaired) electrons. The van der Waals surface area contributed by atoms with Crippen molar-refractivity contribution >= 4 is 11.8 Å². The maximum absolute atomic E-state index is 12.8. The highest BCUT2D eigenvalue weighted by atomic mass is 16.5. The molecule has 3 atom stereocenters. The van der Waals surface area contributed by atoms with Crippen molar-refractivity contribution in [2.24, 2.45) is 5.92 Å². The van der Waals surface area contributed by atoms with E-state index in [-0.39, 0.29) is 23.8 Å². The van der Waals surface area contributed by atoms with Gasteiger partial charge in [0.25, 0.3) is 0 Å². The van der Waals surface area contributed by atoms with Crippen LogP contribution in [0.3, 0.4) is 0 Å². The van der Waals surface area contributed by atoms with Gasteiger partial charge in [0.2, 0.25) is 11.8 Å². The van der Waals surface area contributed by atoms with E-state index >= 15 is 0 Å². The predicted molar refractivity (Wildman–Crippen MR) is 80.8 cm³/mol. The van der Waals surface area contributed by atoms with E-state index in [1.54, 1.807) is 4.90 Å². The second kappa shape index (κ2) is 6.34. The monoisotopic (exact) mass is 296 g/mol. The van der Waals surface area contributed by atoms with E-state index in [0.29, 0.717) is 13.0 Å². The van der Waals surface area contributed by atoms with Crippen molar-refractivity contribution in [2.75, 3.05) is 13.2 Å². The summed E-state index contributed by atoms with van der Waals surface area (Å²) in [7, 11) is 0. The van der Waals surface area contributed by atoms with Crippen molar-refractivity contribution < 1.29 is 14.3 Å². The molecule has 3 unspecified atom stereocenters. The molecule has 0 spiro atoms. The summed E-state index contributed by atoms with van der Waals surface area (Å²) in [5.74, 6) is 0.121. The normalized spacial score (nSPS) is 33.7. The van der Waals surface area contributed by atoms with Crippen LogP contribution in [0, 0.1) is 5.92 Å². The van der Waals surface area contributed by atoms with Crippen LogP contribution in [0.4, 0.5) is 0 Å². The maximum Gasteiger partial charge on any atom is 0.246 e. The van der Waals surface area contributed by atoms with Crippen LogP contribution in [0.15, 0.2) is 0 Å². The third kappa shape index (κ3) is 3.07. The summed E-state index contributed by atoms with van der Waals surface area (Å²) in [4.78, 5) is 27.0. The molecule has 2 heterocycles. The summed E-state index contributed by atoms with van der Waals surface area (Å²) in [6, 6.07) is -0.401. The van der Waals surface area contributed by atoms with Gasteiger partial charge < -0.3 is 15.0 Å². The topological polar surface area (TPSA) is 58.6 Å². The van der Waals surface area contributed by atoms with Gasteiger partial charge in [-0.1, -0.05) is 20.8 Å². The molecule has 21 heavy (non-hydrogen) atoms. The minimum absolute atomic E-state index is 0.0318. The van der Waals surface area contributed by atoms with Crippen LogP contribution >= 0.6 is 0 Å². The number of carbonyl (C=O) groups excluding carboxylic acids is 2. The number of rotatable bonds is 5. The Hall–Kier alpha value is -1.10. The van der Waals surface area contributed by atoms with Crippen molar-refractivity contribution in [3.63, 3.8) is 0 Å². The van der Waals surface area contributed by atoms with Crippen molar-refractivity contribution in [3.8, 4) is 0 Å². The van der Waals surface area contributed by atoms with E-state index in [1.807, 2.05) is 27.7 Å². The Morgan fingerprint density at radius 2 is 2.14 bits per heavy atom. The Morgan fingerprint density at radius 1 is 1.43 bits per heavy atom. The smallest absolute Gasteiger partial charge is 0.246 e. The van der Waals surface area contributed by atoms with Gasteiger partial charge in [0.05, 0.1) is 6.10 Å². The first-order valence-electron chi connectivity index (χ1n) is 8.14. The molecule has 2 rings (SSSR count). The van der Waals surface area contributed by atoms with E-state index in [2.05, 4.69) is 5.32 Å². The molecule has 120 valence electrons. The third-order valence-electron chi connectivity index (χ3n) is 4.96. The summed E-state index contributed by atoms with van der Waals surface area (Å²) < 4.78 is 5.64. The summed E-state index contributed by atoms with van der Waals surface area (Å²) in [5, 5.41) is 2.90. The molecule has 0 aliphatic carbocycles. The number of ether oxygens (including phenoxy) is 1. The lowest BCUT2D eigenvalue weighted by Crippen LogP contribution is -2.70. The van der Waals surface area contributed by atoms with Crippen molar-refractivity contribution in [3.05, 3.63) is 0 Å². The molecule has 2 aliphatic rings. The van der Waals surface area contributed by atoms with Gasteiger partial charge in [0, 0.05) is 13.2 Å². The fourth-order valence-electron chi connectivity index (χ4n) is 3.20. The Kier molecular flexibility index (Phi) is 4.91. The molecule has 5 nitrogen and oxygen atoms in total. The molecule has 1 N–H and O–H groups in total. The lowest BCUT2D eigenvalue weighted by molar-refractivity contribution is -0.158. The van der Waals surface area contributed by atoms with Crippen molar-refractivity contribution in [2.45, 2.75) is 71.1 Å². The molecule has 2 saturated heterocycles. The highest BCUT2D eigenvalue weighted by Gasteiger charge is 2.48. The number of carbonyl (C=O) groups is 2. The molecule has 0 aromatic heterocycles. The number of piperazine rings is 1. The quantitative estimate of drug-likeness (QED) is 0.840. The molecule has 2 aliphatic heterocycles. The first-order valence-corrected chi connectivity index (χ1v) is 8.14. The van der Waals surface area contributed by atoms with E-state index in [9.17, 15) is 9.59 Å². The van der Waals surface area contributed by atoms with Gasteiger partial charge in [-0.2, -0.15) is 0 Å². The van der Waals surface area contributed by atoms with Gasteiger partial charge in [-0.05, 0) is 38.5 Å². The maximum atomic E-state index is 12.8. The largest absolute Gasteiger partial charge is 0.378 e. The molecule has 0 bridgehead atoms. The summed E-state index contributed by atoms with van der Waals surface area (Å²) in [6.45, 7) is 9.18. The standard InChI is InChI=1S/C16H28N2O3/c1-5-16(4)15(20)17-13(11(2)3)14(19)18(16)9-8-12-7-6-10-21-12/h11-13H,5-10H2,1-4H3,(H,17,20). The lowest BCUT2D eigenvalue weighted by atomic mass is 9.87. The first kappa shape index (κ1) is 16.3. The van der Waals surface area contributed by atoms with Crippen LogP contribution in [0.1, 0.15) is 53.4 Å². The van der Waals surface area contributed by atoms with E-state index in [0.717, 1.165) is 25.9 Å². The van der Waals surface area contributed by atoms with Crippen LogP contribution in [-0.2, 0) is 14.3 Å². The van der Waals surface area contributed by atoms with Crippen molar-refractivity contribution in [1.29, 1.82) is 0 Å². The van der Waals surface area contributed by atoms with Crippen LogP contribution < -0.4 is 5.32 Å². The molecular formula is C16H28N2O3. The molecule has 2 amide bonds. The van der Waals surface area contributed by atoms with E-state index in [1.165, 1.54) is 0 Å². The van der Waals surface area contributed by atoms with Crippen LogP contribution in [-0.4, -0.2) is 47.6 Å². The highest BCUT2D eigenvalue weighted by molar-refractivity contribution is 5.99. The number of nitrogens with zero attached hydrogens (tertiary/aromatic N) is 1. The average molecular weight is 296 g/mol. The van der Waals surface area contributed by atoms with Crippen LogP contribution in [0.2, 0.25) is 0 Å². The molecule has 0 aromatic rings. The Morgan fingerprint density at radius 3 is 2.67 bits per heavy atom. The summed E-state index contributed by atoms with van der Waals surface area (Å²) >= 11 is 0. The third-order valence-corrected chi connectivity index (χ3v) is 4.96. The minimum Gasteiger partial charge on any atom is -0.378 e. The van der Waals surface area contributed by atoms with Gasteiger partial charge in [-0.15, -0.1) is 0 Å². The highest BCUT2D eigenvalue weighted by Crippen LogP contribution is 2.28. The zero-order valence-corrected chi connectivity index (χ0v) is 13.6. The number of hydrogen-bond acceptors (Lipinski definition) is 3. The van der Waals surface area contributed by atoms with Gasteiger partial charge in [0.15, 0.2) is 0 Å². The number of nitrogens with one attached hydrogen (secondary N) is 1. The van der Waals surface area contributed by atoms with Gasteiger partial charge in [-0.3, -0.25) is 9.59 Å². The Bertz CT molecular complexity index is 404. The fourth-order valence-corrected chi connectivity index (χ4v) is 3.20. The average Bonchev–Trinajstić information content (AvgIpc) is 2.95. The second-order valence-electron chi connectivity index (χ2n) is 6.74. The Balaban J connectivity index is 2.13. The lowest BCUT2D eigenvalue weighted by Gasteiger charge is -2.47. The van der Waals surface area contributed by atoms with E-state index < -0.39 is 11.6 Å². The van der Waals surface area contributed by atoms with Gasteiger partial charge in [0.1, 0.15) is 11.6 Å². The zero-order valence-electron chi connectivity index (χ0n) is 13.6. The summed E-state index contributed by atoms with van der Waals surface area (Å²) in [5.41, 5.74) is -0.735. The van der Waals surface area contributed by atoms with Crippen molar-refractivity contribution in [1.82, 2.24) is 10.2 Å². The molecule has 2 fully saturated rings. The predicted octanol–water partition coefficient (Wildman–Crippen LogP) is 1.71. The zero-order chi connectivity index (χ0) is 15.6. The number of amides is 2. The van der Waals surface area contributed by atoms with Crippen LogP contribution in [0.5, 0.6) is 0 Å². The van der Waals surface area contributed by atoms with Crippen LogP contribution in [0.25, 0.3) is 0 Å². The second-order valence-corrected chi connectivity index (χ2v) is 6.74. The Labute approximate surface area is 127 Å². The SMILES string of the molecule is CCC1(C)C(=O)NC(C(C)C)C(=O)N1CCC1CCCO1. The van der Waals surface area contributed by atoms with Gasteiger partial charge >= 0.3 is 0 Å². The minimum atomic E-state index is -0.735. The molecule has 0 saturated carbocycles. The molecule has 0 aromatic carbocycles. The summed E-state index contributed by atoms with van der Waals surface area (Å²) in [6.07, 6.45) is 3.84.